The zero-order valence-corrected chi connectivity index (χ0v) is 13.9. The van der Waals surface area contributed by atoms with Crippen LogP contribution in [-0.4, -0.2) is 29.4 Å². The van der Waals surface area contributed by atoms with E-state index in [1.54, 1.807) is 37.6 Å². The van der Waals surface area contributed by atoms with Crippen molar-refractivity contribution in [3.05, 3.63) is 72.6 Å². The Hall–Kier alpha value is -3.28. The van der Waals surface area contributed by atoms with Crippen LogP contribution in [0.2, 0.25) is 0 Å². The number of hydrogen-bond acceptors (Lipinski definition) is 4. The second kappa shape index (κ2) is 8.01. The first kappa shape index (κ1) is 16.6. The van der Waals surface area contributed by atoms with Gasteiger partial charge in [0.05, 0.1) is 13.7 Å². The lowest BCUT2D eigenvalue weighted by Gasteiger charge is -2.09. The van der Waals surface area contributed by atoms with Crippen LogP contribution in [0.5, 0.6) is 11.5 Å². The molecule has 1 heterocycles. The van der Waals surface area contributed by atoms with Crippen LogP contribution in [0.3, 0.4) is 0 Å². The minimum atomic E-state index is -0.216. The number of aromatic nitrogens is 2. The first-order valence-electron chi connectivity index (χ1n) is 7.86. The molecular formula is C19H19N3O3. The first-order chi connectivity index (χ1) is 12.2. The zero-order chi connectivity index (χ0) is 17.5. The lowest BCUT2D eigenvalue weighted by Crippen LogP contribution is -2.20. The van der Waals surface area contributed by atoms with Gasteiger partial charge in [0.1, 0.15) is 11.5 Å². The molecule has 25 heavy (non-hydrogen) atoms. The largest absolute Gasteiger partial charge is 0.497 e. The van der Waals surface area contributed by atoms with E-state index in [2.05, 4.69) is 10.4 Å². The summed E-state index contributed by atoms with van der Waals surface area (Å²) in [6.07, 6.45) is 3.64. The third-order valence-corrected chi connectivity index (χ3v) is 3.54. The number of ether oxygens (including phenoxy) is 2. The van der Waals surface area contributed by atoms with Gasteiger partial charge in [-0.15, -0.1) is 0 Å². The monoisotopic (exact) mass is 337 g/mol. The van der Waals surface area contributed by atoms with Gasteiger partial charge in [0, 0.05) is 18.1 Å². The Morgan fingerprint density at radius 1 is 1.12 bits per heavy atom. The maximum atomic E-state index is 12.1. The lowest BCUT2D eigenvalue weighted by atomic mass is 10.2. The average Bonchev–Trinajstić information content (AvgIpc) is 3.14. The van der Waals surface area contributed by atoms with Gasteiger partial charge in [0.15, 0.2) is 6.61 Å². The van der Waals surface area contributed by atoms with E-state index in [-0.39, 0.29) is 12.5 Å². The molecule has 0 atom stereocenters. The Balaban J connectivity index is 1.53. The molecule has 3 rings (SSSR count). The second-order valence-corrected chi connectivity index (χ2v) is 5.42. The molecule has 6 heteroatoms. The van der Waals surface area contributed by atoms with E-state index in [1.165, 1.54) is 0 Å². The summed E-state index contributed by atoms with van der Waals surface area (Å²) < 4.78 is 12.4. The standard InChI is InChI=1S/C19H19N3O3/c1-24-17-6-8-18(9-7-17)25-14-19(23)21-16-5-2-4-15(12-16)13-22-11-3-10-20-22/h2-12H,13-14H2,1H3,(H,21,23). The normalized spacial score (nSPS) is 10.3. The van der Waals surface area contributed by atoms with Crippen LogP contribution in [0, 0.1) is 0 Å². The molecule has 0 unspecified atom stereocenters. The van der Waals surface area contributed by atoms with Crippen LogP contribution in [0.1, 0.15) is 5.56 Å². The third kappa shape index (κ3) is 4.84. The molecule has 6 nitrogen and oxygen atoms in total. The SMILES string of the molecule is COc1ccc(OCC(=O)Nc2cccc(Cn3cccn3)c2)cc1. The van der Waals surface area contributed by atoms with E-state index < -0.39 is 0 Å². The van der Waals surface area contributed by atoms with Crippen molar-refractivity contribution in [2.75, 3.05) is 19.0 Å². The average molecular weight is 337 g/mol. The summed E-state index contributed by atoms with van der Waals surface area (Å²) in [5.74, 6) is 1.14. The van der Waals surface area contributed by atoms with Crippen molar-refractivity contribution in [2.24, 2.45) is 0 Å². The summed E-state index contributed by atoms with van der Waals surface area (Å²) in [5.41, 5.74) is 1.78. The number of nitrogens with one attached hydrogen (secondary N) is 1. The van der Waals surface area contributed by atoms with Gasteiger partial charge < -0.3 is 14.8 Å². The van der Waals surface area contributed by atoms with Crippen LogP contribution in [-0.2, 0) is 11.3 Å². The smallest absolute Gasteiger partial charge is 0.262 e. The number of carbonyl (C=O) groups excluding carboxylic acids is 1. The van der Waals surface area contributed by atoms with Crippen LogP contribution in [0.25, 0.3) is 0 Å². The molecule has 0 bridgehead atoms. The van der Waals surface area contributed by atoms with Crippen molar-refractivity contribution in [3.63, 3.8) is 0 Å². The Labute approximate surface area is 146 Å². The van der Waals surface area contributed by atoms with Gasteiger partial charge in [-0.2, -0.15) is 5.10 Å². The van der Waals surface area contributed by atoms with E-state index in [4.69, 9.17) is 9.47 Å². The molecule has 2 aromatic carbocycles. The molecule has 1 amide bonds. The summed E-state index contributed by atoms with van der Waals surface area (Å²) >= 11 is 0. The molecule has 0 radical (unpaired) electrons. The third-order valence-electron chi connectivity index (χ3n) is 3.54. The lowest BCUT2D eigenvalue weighted by molar-refractivity contribution is -0.118. The van der Waals surface area contributed by atoms with Crippen molar-refractivity contribution >= 4 is 11.6 Å². The molecule has 1 aromatic heterocycles. The summed E-state index contributed by atoms with van der Waals surface area (Å²) in [6, 6.07) is 16.6. The highest BCUT2D eigenvalue weighted by Crippen LogP contribution is 2.17. The highest BCUT2D eigenvalue weighted by Gasteiger charge is 2.05. The van der Waals surface area contributed by atoms with E-state index in [0.717, 1.165) is 17.0 Å². The predicted molar refractivity (Wildman–Crippen MR) is 94.9 cm³/mol. The maximum absolute atomic E-state index is 12.1. The van der Waals surface area contributed by atoms with Gasteiger partial charge in [0.25, 0.3) is 5.91 Å². The van der Waals surface area contributed by atoms with Crippen molar-refractivity contribution in [1.29, 1.82) is 0 Å². The van der Waals surface area contributed by atoms with Gasteiger partial charge in [0.2, 0.25) is 0 Å². The first-order valence-corrected chi connectivity index (χ1v) is 7.86. The quantitative estimate of drug-likeness (QED) is 0.720. The molecule has 128 valence electrons. The number of benzene rings is 2. The Bertz CT molecular complexity index is 814. The number of carbonyl (C=O) groups is 1. The van der Waals surface area contributed by atoms with Crippen molar-refractivity contribution in [2.45, 2.75) is 6.54 Å². The zero-order valence-electron chi connectivity index (χ0n) is 13.9. The molecule has 3 aromatic rings. The summed E-state index contributed by atoms with van der Waals surface area (Å²) in [7, 11) is 1.60. The van der Waals surface area contributed by atoms with E-state index in [1.807, 2.05) is 41.2 Å². The van der Waals surface area contributed by atoms with Crippen LogP contribution >= 0.6 is 0 Å². The fraction of sp³-hybridized carbons (Fsp3) is 0.158. The van der Waals surface area contributed by atoms with Crippen molar-refractivity contribution in [3.8, 4) is 11.5 Å². The Kier molecular flexibility index (Phi) is 5.31. The molecule has 0 saturated heterocycles. The molecule has 0 saturated carbocycles. The molecule has 0 fully saturated rings. The van der Waals surface area contributed by atoms with Crippen LogP contribution < -0.4 is 14.8 Å². The van der Waals surface area contributed by atoms with Gasteiger partial charge in [-0.3, -0.25) is 9.48 Å². The van der Waals surface area contributed by atoms with Crippen LogP contribution in [0.15, 0.2) is 67.0 Å². The fourth-order valence-corrected chi connectivity index (χ4v) is 2.35. The van der Waals surface area contributed by atoms with Crippen molar-refractivity contribution in [1.82, 2.24) is 9.78 Å². The molecular weight excluding hydrogens is 318 g/mol. The number of rotatable bonds is 7. The minimum absolute atomic E-state index is 0.0598. The maximum Gasteiger partial charge on any atom is 0.262 e. The van der Waals surface area contributed by atoms with Gasteiger partial charge >= 0.3 is 0 Å². The topological polar surface area (TPSA) is 65.4 Å². The molecule has 0 aliphatic rings. The summed E-state index contributed by atoms with van der Waals surface area (Å²) in [5, 5.41) is 7.01. The number of nitrogens with zero attached hydrogens (tertiary/aromatic N) is 2. The van der Waals surface area contributed by atoms with E-state index in [9.17, 15) is 4.79 Å². The number of anilines is 1. The summed E-state index contributed by atoms with van der Waals surface area (Å²) in [4.78, 5) is 12.1. The molecule has 0 spiro atoms. The summed E-state index contributed by atoms with van der Waals surface area (Å²) in [6.45, 7) is 0.592. The number of amides is 1. The fourth-order valence-electron chi connectivity index (χ4n) is 2.35. The second-order valence-electron chi connectivity index (χ2n) is 5.42. The Morgan fingerprint density at radius 2 is 1.92 bits per heavy atom. The van der Waals surface area contributed by atoms with E-state index in [0.29, 0.717) is 12.3 Å². The highest BCUT2D eigenvalue weighted by molar-refractivity contribution is 5.91. The van der Waals surface area contributed by atoms with E-state index >= 15 is 0 Å². The van der Waals surface area contributed by atoms with Gasteiger partial charge in [-0.25, -0.2) is 0 Å². The Morgan fingerprint density at radius 3 is 2.64 bits per heavy atom. The molecule has 0 aliphatic carbocycles. The highest BCUT2D eigenvalue weighted by atomic mass is 16.5. The van der Waals surface area contributed by atoms with Crippen LogP contribution in [0.4, 0.5) is 5.69 Å². The van der Waals surface area contributed by atoms with Gasteiger partial charge in [-0.1, -0.05) is 12.1 Å². The number of hydrogen-bond donors (Lipinski definition) is 1. The molecule has 1 N–H and O–H groups in total. The predicted octanol–water partition coefficient (Wildman–Crippen LogP) is 2.96. The molecule has 0 aliphatic heterocycles. The van der Waals surface area contributed by atoms with Gasteiger partial charge in [-0.05, 0) is 48.0 Å². The van der Waals surface area contributed by atoms with Crippen molar-refractivity contribution < 1.29 is 14.3 Å². The minimum Gasteiger partial charge on any atom is -0.497 e. The number of methoxy groups -OCH3 is 1.